The number of carbonyl (C=O) groups is 1. The Balaban J connectivity index is 2.40. The largest absolute Gasteiger partial charge is 0.507 e. The number of amides is 1. The predicted molar refractivity (Wildman–Crippen MR) is 83.0 cm³/mol. The fourth-order valence-electron chi connectivity index (χ4n) is 2.63. The molecule has 1 heterocycles. The van der Waals surface area contributed by atoms with Gasteiger partial charge in [0.25, 0.3) is 5.91 Å². The molecule has 2 rings (SSSR count). The Morgan fingerprint density at radius 2 is 1.57 bits per heavy atom. The second-order valence-corrected chi connectivity index (χ2v) is 6.22. The molecule has 0 unspecified atom stereocenters. The van der Waals surface area contributed by atoms with Crippen LogP contribution >= 0.6 is 0 Å². The van der Waals surface area contributed by atoms with Crippen molar-refractivity contribution < 1.29 is 14.6 Å². The summed E-state index contributed by atoms with van der Waals surface area (Å²) in [6.45, 7) is 10.6. The molecular formula is C17H25NO3. The predicted octanol–water partition coefficient (Wildman–Crippen LogP) is 3.11. The molecule has 1 N–H and O–H groups in total. The van der Waals surface area contributed by atoms with Crippen molar-refractivity contribution in [2.45, 2.75) is 39.5 Å². The molecular weight excluding hydrogens is 266 g/mol. The van der Waals surface area contributed by atoms with Gasteiger partial charge in [-0.25, -0.2) is 0 Å². The molecule has 1 aromatic rings. The van der Waals surface area contributed by atoms with Crippen LogP contribution in [-0.4, -0.2) is 42.2 Å². The number of nitrogens with zero attached hydrogens (tertiary/aromatic N) is 1. The number of rotatable bonds is 3. The van der Waals surface area contributed by atoms with Gasteiger partial charge in [0.15, 0.2) is 0 Å². The molecule has 1 aliphatic rings. The first kappa shape index (κ1) is 15.8. The molecule has 0 radical (unpaired) electrons. The average Bonchev–Trinajstić information content (AvgIpc) is 2.47. The van der Waals surface area contributed by atoms with Crippen molar-refractivity contribution in [1.82, 2.24) is 4.90 Å². The second-order valence-electron chi connectivity index (χ2n) is 6.22. The summed E-state index contributed by atoms with van der Waals surface area (Å²) >= 11 is 0. The summed E-state index contributed by atoms with van der Waals surface area (Å²) in [5.74, 6) is 0.723. The van der Waals surface area contributed by atoms with Gasteiger partial charge in [-0.1, -0.05) is 27.7 Å². The summed E-state index contributed by atoms with van der Waals surface area (Å²) in [5, 5.41) is 10.4. The highest BCUT2D eigenvalue weighted by Gasteiger charge is 2.22. The van der Waals surface area contributed by atoms with E-state index >= 15 is 0 Å². The minimum atomic E-state index is 0.0297. The lowest BCUT2D eigenvalue weighted by Crippen LogP contribution is -2.40. The van der Waals surface area contributed by atoms with Gasteiger partial charge in [-0.15, -0.1) is 0 Å². The van der Waals surface area contributed by atoms with Gasteiger partial charge in [0.05, 0.1) is 13.2 Å². The number of phenolic OH excluding ortho intramolecular Hbond substituents is 1. The van der Waals surface area contributed by atoms with Crippen LogP contribution in [0.4, 0.5) is 0 Å². The molecule has 0 spiro atoms. The van der Waals surface area contributed by atoms with Crippen molar-refractivity contribution >= 4 is 5.91 Å². The summed E-state index contributed by atoms with van der Waals surface area (Å²) < 4.78 is 5.29. The molecule has 1 aromatic carbocycles. The molecule has 116 valence electrons. The molecule has 0 aromatic heterocycles. The van der Waals surface area contributed by atoms with Crippen LogP contribution in [0, 0.1) is 0 Å². The molecule has 0 aliphatic carbocycles. The monoisotopic (exact) mass is 291 g/mol. The van der Waals surface area contributed by atoms with Crippen molar-refractivity contribution in [2.75, 3.05) is 26.3 Å². The summed E-state index contributed by atoms with van der Waals surface area (Å²) in [6.07, 6.45) is 0. The quantitative estimate of drug-likeness (QED) is 0.931. The van der Waals surface area contributed by atoms with Crippen LogP contribution in [0.15, 0.2) is 12.1 Å². The van der Waals surface area contributed by atoms with Gasteiger partial charge >= 0.3 is 0 Å². The average molecular weight is 291 g/mol. The van der Waals surface area contributed by atoms with Crippen LogP contribution in [0.5, 0.6) is 5.75 Å². The highest BCUT2D eigenvalue weighted by Crippen LogP contribution is 2.35. The normalized spacial score (nSPS) is 15.8. The summed E-state index contributed by atoms with van der Waals surface area (Å²) in [5.41, 5.74) is 2.36. The van der Waals surface area contributed by atoms with E-state index in [2.05, 4.69) is 0 Å². The van der Waals surface area contributed by atoms with E-state index in [1.807, 2.05) is 44.7 Å². The standard InChI is InChI=1S/C17H25NO3/c1-11(2)14-9-13(10-15(12(3)4)16(14)19)17(20)18-5-7-21-8-6-18/h9-12,19H,5-8H2,1-4H3. The van der Waals surface area contributed by atoms with Crippen molar-refractivity contribution in [3.8, 4) is 5.75 Å². The minimum absolute atomic E-state index is 0.0297. The van der Waals surface area contributed by atoms with Gasteiger partial charge < -0.3 is 14.7 Å². The number of carbonyl (C=O) groups excluding carboxylic acids is 1. The molecule has 1 fully saturated rings. The van der Waals surface area contributed by atoms with Crippen molar-refractivity contribution in [1.29, 1.82) is 0 Å². The first-order valence-electron chi connectivity index (χ1n) is 7.65. The first-order valence-corrected chi connectivity index (χ1v) is 7.65. The van der Waals surface area contributed by atoms with Crippen molar-refractivity contribution in [2.24, 2.45) is 0 Å². The van der Waals surface area contributed by atoms with E-state index in [0.29, 0.717) is 37.6 Å². The van der Waals surface area contributed by atoms with E-state index in [-0.39, 0.29) is 17.7 Å². The SMILES string of the molecule is CC(C)c1cc(C(=O)N2CCOCC2)cc(C(C)C)c1O. The fraction of sp³-hybridized carbons (Fsp3) is 0.588. The number of morpholine rings is 1. The van der Waals surface area contributed by atoms with Gasteiger partial charge in [0.2, 0.25) is 0 Å². The van der Waals surface area contributed by atoms with E-state index in [1.165, 1.54) is 0 Å². The maximum absolute atomic E-state index is 12.6. The topological polar surface area (TPSA) is 49.8 Å². The Hall–Kier alpha value is -1.55. The lowest BCUT2D eigenvalue weighted by atomic mass is 9.91. The third-order valence-corrected chi connectivity index (χ3v) is 3.96. The Bertz CT molecular complexity index is 488. The van der Waals surface area contributed by atoms with E-state index < -0.39 is 0 Å². The smallest absolute Gasteiger partial charge is 0.254 e. The Kier molecular flexibility index (Phi) is 4.88. The Labute approximate surface area is 126 Å². The van der Waals surface area contributed by atoms with Crippen LogP contribution in [-0.2, 0) is 4.74 Å². The molecule has 1 saturated heterocycles. The van der Waals surface area contributed by atoms with Gasteiger partial charge in [0, 0.05) is 18.7 Å². The first-order chi connectivity index (χ1) is 9.91. The minimum Gasteiger partial charge on any atom is -0.507 e. The number of phenols is 1. The molecule has 1 amide bonds. The van der Waals surface area contributed by atoms with Crippen LogP contribution in [0.1, 0.15) is 61.0 Å². The number of ether oxygens (including phenoxy) is 1. The third kappa shape index (κ3) is 3.38. The Morgan fingerprint density at radius 3 is 2.00 bits per heavy atom. The highest BCUT2D eigenvalue weighted by atomic mass is 16.5. The zero-order valence-corrected chi connectivity index (χ0v) is 13.3. The molecule has 0 atom stereocenters. The van der Waals surface area contributed by atoms with E-state index in [0.717, 1.165) is 11.1 Å². The maximum atomic E-state index is 12.6. The zero-order chi connectivity index (χ0) is 15.6. The number of hydrogen-bond acceptors (Lipinski definition) is 3. The van der Waals surface area contributed by atoms with E-state index in [4.69, 9.17) is 4.74 Å². The zero-order valence-electron chi connectivity index (χ0n) is 13.3. The molecule has 0 bridgehead atoms. The van der Waals surface area contributed by atoms with Crippen LogP contribution in [0.25, 0.3) is 0 Å². The number of benzene rings is 1. The lowest BCUT2D eigenvalue weighted by molar-refractivity contribution is 0.0302. The van der Waals surface area contributed by atoms with Crippen molar-refractivity contribution in [3.63, 3.8) is 0 Å². The fourth-order valence-corrected chi connectivity index (χ4v) is 2.63. The lowest BCUT2D eigenvalue weighted by Gasteiger charge is -2.27. The molecule has 4 heteroatoms. The van der Waals surface area contributed by atoms with Crippen LogP contribution in [0.3, 0.4) is 0 Å². The number of aromatic hydroxyl groups is 1. The van der Waals surface area contributed by atoms with Crippen LogP contribution in [0.2, 0.25) is 0 Å². The van der Waals surface area contributed by atoms with E-state index in [9.17, 15) is 9.90 Å². The Morgan fingerprint density at radius 1 is 1.10 bits per heavy atom. The number of hydrogen-bond donors (Lipinski definition) is 1. The van der Waals surface area contributed by atoms with E-state index in [1.54, 1.807) is 0 Å². The maximum Gasteiger partial charge on any atom is 0.254 e. The third-order valence-electron chi connectivity index (χ3n) is 3.96. The van der Waals surface area contributed by atoms with Gasteiger partial charge in [-0.2, -0.15) is 0 Å². The molecule has 1 aliphatic heterocycles. The summed E-state index contributed by atoms with van der Waals surface area (Å²) in [7, 11) is 0. The second kappa shape index (κ2) is 6.48. The highest BCUT2D eigenvalue weighted by molar-refractivity contribution is 5.95. The molecule has 21 heavy (non-hydrogen) atoms. The molecule has 4 nitrogen and oxygen atoms in total. The van der Waals surface area contributed by atoms with Gasteiger partial charge in [-0.3, -0.25) is 4.79 Å². The molecule has 0 saturated carbocycles. The summed E-state index contributed by atoms with van der Waals surface area (Å²) in [4.78, 5) is 14.5. The van der Waals surface area contributed by atoms with Crippen LogP contribution < -0.4 is 0 Å². The van der Waals surface area contributed by atoms with Crippen molar-refractivity contribution in [3.05, 3.63) is 28.8 Å². The van der Waals surface area contributed by atoms with Gasteiger partial charge in [-0.05, 0) is 35.1 Å². The van der Waals surface area contributed by atoms with Gasteiger partial charge in [0.1, 0.15) is 5.75 Å². The summed E-state index contributed by atoms with van der Waals surface area (Å²) in [6, 6.07) is 3.67.